The summed E-state index contributed by atoms with van der Waals surface area (Å²) in [6, 6.07) is 9.48. The third kappa shape index (κ3) is 0.844. The minimum absolute atomic E-state index is 0.0753. The predicted octanol–water partition coefficient (Wildman–Crippen LogP) is 3.09. The van der Waals surface area contributed by atoms with Crippen molar-refractivity contribution in [3.05, 3.63) is 53.7 Å². The van der Waals surface area contributed by atoms with Crippen molar-refractivity contribution in [2.75, 3.05) is 0 Å². The Morgan fingerprint density at radius 3 is 2.92 bits per heavy atom. The molecule has 0 aromatic heterocycles. The topological polar surface area (TPSA) is 0 Å². The largest absolute Gasteiger partial charge is 0.207 e. The van der Waals surface area contributed by atoms with Gasteiger partial charge in [0.2, 0.25) is 0 Å². The first-order valence-electron chi connectivity index (χ1n) is 4.39. The van der Waals surface area contributed by atoms with E-state index >= 15 is 0 Å². The van der Waals surface area contributed by atoms with Crippen LogP contribution in [0.5, 0.6) is 0 Å². The van der Waals surface area contributed by atoms with E-state index in [4.69, 9.17) is 0 Å². The van der Waals surface area contributed by atoms with Gasteiger partial charge in [-0.25, -0.2) is 4.39 Å². The van der Waals surface area contributed by atoms with Crippen LogP contribution in [0.4, 0.5) is 4.39 Å². The van der Waals surface area contributed by atoms with Crippen LogP contribution >= 0.6 is 0 Å². The van der Waals surface area contributed by atoms with Crippen LogP contribution in [-0.4, -0.2) is 0 Å². The summed E-state index contributed by atoms with van der Waals surface area (Å²) in [5.74, 6) is -0.0753. The number of benzene rings is 2. The lowest BCUT2D eigenvalue weighted by Crippen LogP contribution is -1.84. The Kier molecular flexibility index (Phi) is 1.26. The summed E-state index contributed by atoms with van der Waals surface area (Å²) in [5.41, 5.74) is 2.03. The highest BCUT2D eigenvalue weighted by Gasteiger charge is 2.16. The molecule has 2 aromatic rings. The van der Waals surface area contributed by atoms with Crippen molar-refractivity contribution in [3.63, 3.8) is 0 Å². The van der Waals surface area contributed by atoms with Crippen LogP contribution in [0.25, 0.3) is 10.8 Å². The maximum Gasteiger partial charge on any atom is 0.127 e. The van der Waals surface area contributed by atoms with Crippen molar-refractivity contribution in [1.82, 2.24) is 0 Å². The van der Waals surface area contributed by atoms with Crippen molar-refractivity contribution in [1.29, 1.82) is 0 Å². The maximum atomic E-state index is 13.3. The molecular weight excluding hydrogens is 163 g/mol. The molecule has 63 valence electrons. The number of hydrogen-bond acceptors (Lipinski definition) is 0. The summed E-state index contributed by atoms with van der Waals surface area (Å²) in [6.07, 6.45) is 2.82. The first-order chi connectivity index (χ1) is 6.36. The highest BCUT2D eigenvalue weighted by atomic mass is 19.1. The summed E-state index contributed by atoms with van der Waals surface area (Å²) in [6.45, 7) is 0. The second-order valence-corrected chi connectivity index (χ2v) is 3.38. The van der Waals surface area contributed by atoms with E-state index in [9.17, 15) is 4.39 Å². The van der Waals surface area contributed by atoms with E-state index in [1.807, 2.05) is 24.3 Å². The molecule has 1 aliphatic rings. The molecule has 0 nitrogen and oxygen atoms in total. The van der Waals surface area contributed by atoms with Crippen molar-refractivity contribution < 1.29 is 4.39 Å². The van der Waals surface area contributed by atoms with Crippen LogP contribution in [0, 0.1) is 12.2 Å². The zero-order chi connectivity index (χ0) is 8.84. The Labute approximate surface area is 76.0 Å². The smallest absolute Gasteiger partial charge is 0.127 e. The zero-order valence-electron chi connectivity index (χ0n) is 7.05. The fourth-order valence-electron chi connectivity index (χ4n) is 2.04. The molecule has 0 amide bonds. The van der Waals surface area contributed by atoms with Crippen molar-refractivity contribution in [3.8, 4) is 0 Å². The van der Waals surface area contributed by atoms with Gasteiger partial charge < -0.3 is 0 Å². The van der Waals surface area contributed by atoms with Crippen LogP contribution in [0.2, 0.25) is 0 Å². The molecule has 0 bridgehead atoms. The Morgan fingerprint density at radius 2 is 2.00 bits per heavy atom. The van der Waals surface area contributed by atoms with E-state index in [2.05, 4.69) is 6.42 Å². The first-order valence-corrected chi connectivity index (χ1v) is 4.39. The number of rotatable bonds is 0. The molecule has 1 radical (unpaired) electrons. The predicted molar refractivity (Wildman–Crippen MR) is 51.0 cm³/mol. The van der Waals surface area contributed by atoms with Crippen LogP contribution in [0.1, 0.15) is 11.1 Å². The van der Waals surface area contributed by atoms with Gasteiger partial charge in [0, 0.05) is 0 Å². The van der Waals surface area contributed by atoms with Crippen LogP contribution < -0.4 is 0 Å². The standard InChI is InChI=1S/C12H8F/c13-11-7-5-9-3-1-2-8-4-6-10(11)12(8)9/h1-5,7H,6H2. The Morgan fingerprint density at radius 1 is 1.08 bits per heavy atom. The molecule has 13 heavy (non-hydrogen) atoms. The van der Waals surface area contributed by atoms with E-state index in [1.165, 1.54) is 5.56 Å². The van der Waals surface area contributed by atoms with E-state index < -0.39 is 0 Å². The van der Waals surface area contributed by atoms with E-state index in [-0.39, 0.29) is 5.82 Å². The van der Waals surface area contributed by atoms with Gasteiger partial charge in [0.25, 0.3) is 0 Å². The molecule has 1 heteroatoms. The van der Waals surface area contributed by atoms with Crippen LogP contribution in [-0.2, 0) is 6.42 Å². The summed E-state index contributed by atoms with van der Waals surface area (Å²) in [4.78, 5) is 0. The molecular formula is C12H8F. The summed E-state index contributed by atoms with van der Waals surface area (Å²) >= 11 is 0. The monoisotopic (exact) mass is 171 g/mol. The number of halogens is 1. The average molecular weight is 171 g/mol. The van der Waals surface area contributed by atoms with Gasteiger partial charge in [-0.1, -0.05) is 24.3 Å². The fraction of sp³-hybridized carbons (Fsp3) is 0.0833. The fourth-order valence-corrected chi connectivity index (χ4v) is 2.04. The Balaban J connectivity index is 2.56. The molecule has 0 spiro atoms. The highest BCUT2D eigenvalue weighted by molar-refractivity contribution is 5.92. The average Bonchev–Trinajstić information content (AvgIpc) is 2.57. The second-order valence-electron chi connectivity index (χ2n) is 3.38. The molecule has 0 fully saturated rings. The van der Waals surface area contributed by atoms with E-state index in [1.54, 1.807) is 6.07 Å². The first kappa shape index (κ1) is 7.07. The maximum absolute atomic E-state index is 13.3. The Bertz CT molecular complexity index is 486. The van der Waals surface area contributed by atoms with Gasteiger partial charge in [-0.05, 0) is 40.8 Å². The highest BCUT2D eigenvalue weighted by Crippen LogP contribution is 2.33. The van der Waals surface area contributed by atoms with Gasteiger partial charge >= 0.3 is 0 Å². The second kappa shape index (κ2) is 2.32. The SMILES string of the molecule is Fc1ccc2cccc3c2c1C[CH]3. The molecule has 2 aromatic carbocycles. The van der Waals surface area contributed by atoms with Crippen molar-refractivity contribution >= 4 is 10.8 Å². The molecule has 0 heterocycles. The summed E-state index contributed by atoms with van der Waals surface area (Å²) in [7, 11) is 0. The van der Waals surface area contributed by atoms with Gasteiger partial charge in [-0.2, -0.15) is 0 Å². The zero-order valence-corrected chi connectivity index (χ0v) is 7.05. The Hall–Kier alpha value is -1.37. The molecule has 1 aliphatic carbocycles. The normalized spacial score (nSPS) is 13.9. The minimum Gasteiger partial charge on any atom is -0.207 e. The third-order valence-electron chi connectivity index (χ3n) is 2.65. The minimum atomic E-state index is -0.0753. The van der Waals surface area contributed by atoms with Gasteiger partial charge in [0.05, 0.1) is 0 Å². The summed E-state index contributed by atoms with van der Waals surface area (Å²) in [5, 5.41) is 2.24. The van der Waals surface area contributed by atoms with Crippen molar-refractivity contribution in [2.24, 2.45) is 0 Å². The molecule has 0 aliphatic heterocycles. The molecule has 0 saturated heterocycles. The quantitative estimate of drug-likeness (QED) is 0.571. The molecule has 0 atom stereocenters. The van der Waals surface area contributed by atoms with E-state index in [0.717, 1.165) is 22.8 Å². The van der Waals surface area contributed by atoms with Gasteiger partial charge in [0.15, 0.2) is 0 Å². The lowest BCUT2D eigenvalue weighted by atomic mass is 10.1. The van der Waals surface area contributed by atoms with Crippen molar-refractivity contribution in [2.45, 2.75) is 6.42 Å². The third-order valence-corrected chi connectivity index (χ3v) is 2.65. The molecule has 0 N–H and O–H groups in total. The van der Waals surface area contributed by atoms with E-state index in [0.29, 0.717) is 0 Å². The van der Waals surface area contributed by atoms with Crippen LogP contribution in [0.15, 0.2) is 30.3 Å². The molecule has 3 rings (SSSR count). The van der Waals surface area contributed by atoms with Crippen LogP contribution in [0.3, 0.4) is 0 Å². The summed E-state index contributed by atoms with van der Waals surface area (Å²) < 4.78 is 13.3. The lowest BCUT2D eigenvalue weighted by molar-refractivity contribution is 0.618. The van der Waals surface area contributed by atoms with Gasteiger partial charge in [-0.3, -0.25) is 0 Å². The van der Waals surface area contributed by atoms with Gasteiger partial charge in [0.1, 0.15) is 5.82 Å². The van der Waals surface area contributed by atoms with Gasteiger partial charge in [-0.15, -0.1) is 0 Å². The lowest BCUT2D eigenvalue weighted by Gasteiger charge is -2.01. The number of hydrogen-bond donors (Lipinski definition) is 0. The molecule has 0 saturated carbocycles. The molecule has 0 unspecified atom stereocenters.